The van der Waals surface area contributed by atoms with Gasteiger partial charge in [0.1, 0.15) is 176 Å². The van der Waals surface area contributed by atoms with Gasteiger partial charge in [0.15, 0.2) is 0 Å². The first-order chi connectivity index (χ1) is 33.1. The molecule has 10 rings (SSSR count). The average Bonchev–Trinajstić information content (AvgIpc) is 3.76. The van der Waals surface area contributed by atoms with Gasteiger partial charge in [0.2, 0.25) is 0 Å². The van der Waals surface area contributed by atoms with Crippen LogP contribution < -0.4 is 115 Å². The van der Waals surface area contributed by atoms with E-state index in [2.05, 4.69) is 0 Å². The number of furan rings is 1. The zero-order valence-corrected chi connectivity index (χ0v) is 37.2. The van der Waals surface area contributed by atoms with Gasteiger partial charge in [-0.15, -0.1) is 32.8 Å². The lowest BCUT2D eigenvalue weighted by molar-refractivity contribution is 0.675. The number of rotatable bonds is 4. The highest BCUT2D eigenvalue weighted by molar-refractivity contribution is 6.75. The molecule has 0 N–H and O–H groups in total. The quantitative estimate of drug-likeness (QED) is 0.127. The summed E-state index contributed by atoms with van der Waals surface area (Å²) < 4.78 is 6.34. The molecule has 0 saturated heterocycles. The molecule has 0 spiro atoms. The molecule has 0 atom stereocenters. The summed E-state index contributed by atoms with van der Waals surface area (Å²) >= 11 is 0. The molecule has 0 aliphatic carbocycles. The molecule has 1 nitrogen and oxygen atoms in total. The van der Waals surface area contributed by atoms with Crippen molar-refractivity contribution in [2.75, 3.05) is 0 Å². The standard InChI is InChI=1S/C48H9B21O/c49-26-13(12-8-4-7-11(9-12)10-5-2-1-3-6-10)28(51)35(58)23-22(26)36(59)33(56)20(27(23)50)14-16-18(31(54)42(65)40(63)29(16)52)15(19-17(14)30(53)41(64)43(66)32(19)55)21-34(57)37(60)24-25-38(61)44(67)45(68)46(69)48(25)70-47(24)39(21)62/h1-9H. The van der Waals surface area contributed by atoms with Crippen LogP contribution in [0, 0.1) is 0 Å². The Morgan fingerprint density at radius 3 is 0.971 bits per heavy atom. The Kier molecular flexibility index (Phi) is 11.8. The van der Waals surface area contributed by atoms with Gasteiger partial charge in [-0.2, -0.15) is 0 Å². The van der Waals surface area contributed by atoms with Crippen LogP contribution in [0.2, 0.25) is 0 Å². The Labute approximate surface area is 434 Å². The van der Waals surface area contributed by atoms with Gasteiger partial charge >= 0.3 is 0 Å². The highest BCUT2D eigenvalue weighted by Gasteiger charge is 2.30. The van der Waals surface area contributed by atoms with Crippen LogP contribution in [0.1, 0.15) is 0 Å². The van der Waals surface area contributed by atoms with Crippen molar-refractivity contribution in [3.8, 4) is 44.5 Å². The lowest BCUT2D eigenvalue weighted by atomic mass is 9.56. The first-order valence-corrected chi connectivity index (χ1v) is 21.2. The summed E-state index contributed by atoms with van der Waals surface area (Å²) in [6.07, 6.45) is 0. The molecule has 1 heterocycles. The van der Waals surface area contributed by atoms with Crippen molar-refractivity contribution in [2.45, 2.75) is 0 Å². The van der Waals surface area contributed by atoms with Crippen molar-refractivity contribution in [3.63, 3.8) is 0 Å². The van der Waals surface area contributed by atoms with Crippen molar-refractivity contribution in [3.05, 3.63) is 54.6 Å². The third kappa shape index (κ3) is 6.48. The van der Waals surface area contributed by atoms with Crippen molar-refractivity contribution in [1.29, 1.82) is 0 Å². The van der Waals surface area contributed by atoms with Crippen LogP contribution in [-0.4, -0.2) is 165 Å². The van der Waals surface area contributed by atoms with Gasteiger partial charge in [-0.1, -0.05) is 125 Å². The Morgan fingerprint density at radius 1 is 0.200 bits per heavy atom. The van der Waals surface area contributed by atoms with E-state index < -0.39 is 0 Å². The van der Waals surface area contributed by atoms with E-state index in [-0.39, 0.29) is 191 Å². The van der Waals surface area contributed by atoms with Crippen molar-refractivity contribution in [1.82, 2.24) is 0 Å². The molecule has 0 aliphatic rings. The maximum absolute atomic E-state index is 7.31. The Morgan fingerprint density at radius 2 is 0.514 bits per heavy atom. The molecule has 0 saturated carbocycles. The molecule has 10 aromatic rings. The van der Waals surface area contributed by atoms with E-state index in [4.69, 9.17) is 169 Å². The summed E-state index contributed by atoms with van der Waals surface area (Å²) in [5.74, 6) is 0. The molecule has 42 radical (unpaired) electrons. The van der Waals surface area contributed by atoms with Gasteiger partial charge in [-0.3, -0.25) is 0 Å². The Balaban J connectivity index is 1.40. The van der Waals surface area contributed by atoms with Gasteiger partial charge in [0.25, 0.3) is 0 Å². The summed E-state index contributed by atoms with van der Waals surface area (Å²) in [6, 6.07) is 17.4. The summed E-state index contributed by atoms with van der Waals surface area (Å²) in [5.41, 5.74) is 1.64. The first kappa shape index (κ1) is 48.5. The molecule has 22 heteroatoms. The zero-order chi connectivity index (χ0) is 50.6. The largest absolute Gasteiger partial charge is 0.457 e. The van der Waals surface area contributed by atoms with E-state index >= 15 is 0 Å². The minimum Gasteiger partial charge on any atom is -0.457 e. The van der Waals surface area contributed by atoms with E-state index in [0.717, 1.165) is 11.1 Å². The highest BCUT2D eigenvalue weighted by atomic mass is 16.3. The minimum atomic E-state index is -0.138. The predicted molar refractivity (Wildman–Crippen MR) is 321 cm³/mol. The molecule has 0 fully saturated rings. The number of hydrogen-bond donors (Lipinski definition) is 0. The Hall–Kier alpha value is -5.08. The van der Waals surface area contributed by atoms with Crippen molar-refractivity contribution >= 4 is 334 Å². The van der Waals surface area contributed by atoms with Crippen LogP contribution >= 0.6 is 0 Å². The molecule has 70 heavy (non-hydrogen) atoms. The maximum Gasteiger partial charge on any atom is 0.128 e. The smallest absolute Gasteiger partial charge is 0.128 e. The molecule has 9 aromatic carbocycles. The topological polar surface area (TPSA) is 13.1 Å². The second-order valence-corrected chi connectivity index (χ2v) is 17.3. The van der Waals surface area contributed by atoms with Gasteiger partial charge in [-0.05, 0) is 88.4 Å². The monoisotopic (exact) mass is 832 g/mol. The van der Waals surface area contributed by atoms with E-state index in [1.54, 1.807) is 0 Å². The lowest BCUT2D eigenvalue weighted by Crippen LogP contribution is -2.51. The zero-order valence-electron chi connectivity index (χ0n) is 37.2. The SMILES string of the molecule is [B]c1c([B])c([B])c2c(oc3c([B])c(-c4c5c([B])c([B])c([B])c([B])c5c(-c5c([B])c([B])c6c([B])c(-c7cccc(-c8ccccc8)c7)c([B])c([B])c6c5[B])c5c([B])c([B])c([B])c([B])c45)c([B])c([B])c32)c1[B]. The van der Waals surface area contributed by atoms with Gasteiger partial charge in [-0.25, -0.2) is 0 Å². The van der Waals surface area contributed by atoms with E-state index in [0.29, 0.717) is 11.1 Å². The van der Waals surface area contributed by atoms with Gasteiger partial charge in [0.05, 0.1) is 0 Å². The number of fused-ring (bicyclic) bond motifs is 6. The van der Waals surface area contributed by atoms with E-state index in [9.17, 15) is 0 Å². The third-order valence-corrected chi connectivity index (χ3v) is 13.7. The second-order valence-electron chi connectivity index (χ2n) is 17.3. The van der Waals surface area contributed by atoms with Crippen LogP contribution in [0.5, 0.6) is 0 Å². The maximum atomic E-state index is 7.31. The van der Waals surface area contributed by atoms with Crippen LogP contribution in [0.15, 0.2) is 59.0 Å². The average molecular weight is 829 g/mol. The fourth-order valence-electron chi connectivity index (χ4n) is 10.1. The first-order valence-electron chi connectivity index (χ1n) is 21.2. The molecule has 1 aromatic heterocycles. The molecule has 0 bridgehead atoms. The van der Waals surface area contributed by atoms with Crippen LogP contribution in [-0.2, 0) is 0 Å². The second kappa shape index (κ2) is 17.0. The molecule has 0 aliphatic heterocycles. The highest BCUT2D eigenvalue weighted by Crippen LogP contribution is 2.40. The predicted octanol–water partition coefficient (Wildman–Crippen LogP) is -11.6. The van der Waals surface area contributed by atoms with Crippen LogP contribution in [0.25, 0.3) is 98.8 Å². The van der Waals surface area contributed by atoms with Crippen LogP contribution in [0.4, 0.5) is 0 Å². The van der Waals surface area contributed by atoms with Gasteiger partial charge < -0.3 is 4.42 Å². The fraction of sp³-hybridized carbons (Fsp3) is 0. The summed E-state index contributed by atoms with van der Waals surface area (Å²) in [7, 11) is 144. The number of hydrogen-bond acceptors (Lipinski definition) is 1. The van der Waals surface area contributed by atoms with Crippen molar-refractivity contribution in [2.24, 2.45) is 0 Å². The van der Waals surface area contributed by atoms with E-state index in [1.165, 1.54) is 0 Å². The molecular weight excluding hydrogens is 820 g/mol. The third-order valence-electron chi connectivity index (χ3n) is 13.7. The van der Waals surface area contributed by atoms with E-state index in [1.807, 2.05) is 54.6 Å². The van der Waals surface area contributed by atoms with Crippen molar-refractivity contribution < 1.29 is 4.42 Å². The molecular formula is C48H9B21O. The van der Waals surface area contributed by atoms with Gasteiger partial charge in [0, 0.05) is 10.8 Å². The summed E-state index contributed by atoms with van der Waals surface area (Å²) in [4.78, 5) is 0. The number of benzene rings is 9. The van der Waals surface area contributed by atoms with Crippen LogP contribution in [0.3, 0.4) is 0 Å². The fourth-order valence-corrected chi connectivity index (χ4v) is 10.1. The summed E-state index contributed by atoms with van der Waals surface area (Å²) in [5, 5.41) is 0.976. The molecule has 270 valence electrons. The molecule has 0 unspecified atom stereocenters. The normalized spacial score (nSPS) is 11.8. The lowest BCUT2D eigenvalue weighted by Gasteiger charge is -2.32. The molecule has 0 amide bonds. The minimum absolute atomic E-state index is 0.00172. The summed E-state index contributed by atoms with van der Waals surface area (Å²) in [6.45, 7) is 0. The Bertz CT molecular complexity index is 3990.